The molecule has 0 radical (unpaired) electrons. The van der Waals surface area contributed by atoms with Gasteiger partial charge in [-0.1, -0.05) is 6.07 Å². The number of carbonyl (C=O) groups is 3. The number of nitrogens with two attached hydrogens (primary N) is 1. The summed E-state index contributed by atoms with van der Waals surface area (Å²) < 4.78 is 4.97. The highest BCUT2D eigenvalue weighted by atomic mass is 16.5. The first-order valence-electron chi connectivity index (χ1n) is 9.63. The summed E-state index contributed by atoms with van der Waals surface area (Å²) in [6, 6.07) is 13.8. The largest absolute Gasteiger partial charge is 0.427 e. The normalized spacial score (nSPS) is 13.7. The summed E-state index contributed by atoms with van der Waals surface area (Å²) in [5, 5.41) is 11.6. The average molecular weight is 413 g/mol. The number of quaternary nitrogens is 1. The number of amides is 2. The topological polar surface area (TPSA) is 116 Å². The van der Waals surface area contributed by atoms with Gasteiger partial charge in [0.15, 0.2) is 5.69 Å². The molecule has 0 spiro atoms. The molecule has 3 rings (SSSR count). The van der Waals surface area contributed by atoms with Gasteiger partial charge in [0, 0.05) is 56.5 Å². The highest BCUT2D eigenvalue weighted by Gasteiger charge is 2.22. The Balaban J connectivity index is 1.47. The van der Waals surface area contributed by atoms with Gasteiger partial charge in [-0.25, -0.2) is 5.21 Å². The van der Waals surface area contributed by atoms with E-state index in [-0.39, 0.29) is 18.2 Å². The second-order valence-corrected chi connectivity index (χ2v) is 6.89. The van der Waals surface area contributed by atoms with Crippen LogP contribution in [0.5, 0.6) is 5.75 Å². The minimum absolute atomic E-state index is 0.0995. The van der Waals surface area contributed by atoms with Crippen molar-refractivity contribution in [2.24, 2.45) is 0 Å². The first-order valence-corrected chi connectivity index (χ1v) is 9.63. The van der Waals surface area contributed by atoms with Gasteiger partial charge >= 0.3 is 5.97 Å². The van der Waals surface area contributed by atoms with E-state index in [4.69, 9.17) is 9.94 Å². The Morgan fingerprint density at radius 2 is 1.77 bits per heavy atom. The number of esters is 1. The third-order valence-electron chi connectivity index (χ3n) is 4.80. The van der Waals surface area contributed by atoms with E-state index in [0.717, 1.165) is 16.9 Å². The molecule has 0 unspecified atom stereocenters. The lowest BCUT2D eigenvalue weighted by Crippen LogP contribution is -2.73. The van der Waals surface area contributed by atoms with Gasteiger partial charge in [-0.3, -0.25) is 14.4 Å². The predicted molar refractivity (Wildman–Crippen MR) is 109 cm³/mol. The number of ether oxygens (including phenoxy) is 1. The molecule has 30 heavy (non-hydrogen) atoms. The van der Waals surface area contributed by atoms with E-state index >= 15 is 0 Å². The van der Waals surface area contributed by atoms with Crippen molar-refractivity contribution in [2.45, 2.75) is 6.92 Å². The molecule has 1 fully saturated rings. The van der Waals surface area contributed by atoms with E-state index in [1.165, 1.54) is 13.0 Å². The molecule has 158 valence electrons. The van der Waals surface area contributed by atoms with E-state index in [1.807, 2.05) is 24.3 Å². The summed E-state index contributed by atoms with van der Waals surface area (Å²) in [6.07, 6.45) is 0. The maximum absolute atomic E-state index is 12.5. The summed E-state index contributed by atoms with van der Waals surface area (Å²) in [6.45, 7) is 3.68. The molecule has 0 atom stereocenters. The number of anilines is 1. The lowest BCUT2D eigenvalue weighted by atomic mass is 10.2. The number of benzene rings is 2. The molecule has 1 aliphatic rings. The van der Waals surface area contributed by atoms with Crippen LogP contribution < -0.4 is 20.4 Å². The zero-order chi connectivity index (χ0) is 21.5. The van der Waals surface area contributed by atoms with Gasteiger partial charge in [-0.15, -0.1) is 0 Å². The zero-order valence-electron chi connectivity index (χ0n) is 16.7. The van der Waals surface area contributed by atoms with Gasteiger partial charge < -0.3 is 19.9 Å². The van der Waals surface area contributed by atoms with E-state index in [1.54, 1.807) is 23.1 Å². The number of nitrogens with one attached hydrogen (secondary N) is 1. The van der Waals surface area contributed by atoms with E-state index in [9.17, 15) is 14.4 Å². The van der Waals surface area contributed by atoms with Gasteiger partial charge in [0.25, 0.3) is 5.91 Å². The van der Waals surface area contributed by atoms with Crippen LogP contribution in [0.15, 0.2) is 48.5 Å². The minimum Gasteiger partial charge on any atom is -0.427 e. The Morgan fingerprint density at radius 3 is 2.40 bits per heavy atom. The molecule has 0 bridgehead atoms. The molecule has 0 saturated carbocycles. The second kappa shape index (κ2) is 9.86. The molecule has 0 aliphatic carbocycles. The summed E-state index contributed by atoms with van der Waals surface area (Å²) >= 11 is 0. The zero-order valence-corrected chi connectivity index (χ0v) is 16.7. The lowest BCUT2D eigenvalue weighted by Gasteiger charge is -2.36. The first-order chi connectivity index (χ1) is 14.5. The fourth-order valence-electron chi connectivity index (χ4n) is 3.22. The van der Waals surface area contributed by atoms with E-state index < -0.39 is 11.9 Å². The maximum atomic E-state index is 12.5. The molecule has 1 aliphatic heterocycles. The smallest absolute Gasteiger partial charge is 0.308 e. The quantitative estimate of drug-likeness (QED) is 0.271. The SMILES string of the molecule is CC(=O)Oc1cccc(C(=O)NCC(=O)N2CCN(c3ccc([NH2+]O)cc3)CC2)c1. The molecular formula is C21H25N4O5+. The van der Waals surface area contributed by atoms with Crippen molar-refractivity contribution in [3.05, 3.63) is 54.1 Å². The summed E-state index contributed by atoms with van der Waals surface area (Å²) in [5.41, 5.74) is 3.15. The van der Waals surface area contributed by atoms with Crippen molar-refractivity contribution >= 4 is 29.2 Å². The Morgan fingerprint density at radius 1 is 1.07 bits per heavy atom. The monoisotopic (exact) mass is 413 g/mol. The van der Waals surface area contributed by atoms with Gasteiger partial charge in [0.05, 0.1) is 6.54 Å². The van der Waals surface area contributed by atoms with Crippen molar-refractivity contribution in [3.63, 3.8) is 0 Å². The van der Waals surface area contributed by atoms with Crippen LogP contribution in [0.25, 0.3) is 0 Å². The minimum atomic E-state index is -0.468. The third-order valence-corrected chi connectivity index (χ3v) is 4.80. The average Bonchev–Trinajstić information content (AvgIpc) is 2.77. The summed E-state index contributed by atoms with van der Waals surface area (Å²) in [4.78, 5) is 39.7. The second-order valence-electron chi connectivity index (χ2n) is 6.89. The fraction of sp³-hybridized carbons (Fsp3) is 0.286. The van der Waals surface area contributed by atoms with Crippen LogP contribution in [-0.4, -0.2) is 60.6 Å². The molecule has 1 heterocycles. The maximum Gasteiger partial charge on any atom is 0.308 e. The number of nitrogens with zero attached hydrogens (tertiary/aromatic N) is 2. The Kier molecular flexibility index (Phi) is 6.99. The van der Waals surface area contributed by atoms with Crippen LogP contribution in [0.3, 0.4) is 0 Å². The molecule has 9 heteroatoms. The van der Waals surface area contributed by atoms with Crippen molar-refractivity contribution in [2.75, 3.05) is 37.6 Å². The Labute approximate surface area is 174 Å². The molecular weight excluding hydrogens is 388 g/mol. The third kappa shape index (κ3) is 5.56. The van der Waals surface area contributed by atoms with Crippen LogP contribution in [-0.2, 0) is 9.59 Å². The van der Waals surface area contributed by atoms with Gasteiger partial charge in [-0.05, 0) is 30.3 Å². The lowest BCUT2D eigenvalue weighted by molar-refractivity contribution is -0.825. The molecule has 0 aromatic heterocycles. The van der Waals surface area contributed by atoms with E-state index in [2.05, 4.69) is 10.2 Å². The Hall–Kier alpha value is -3.43. The van der Waals surface area contributed by atoms with Crippen molar-refractivity contribution in [3.8, 4) is 5.75 Å². The van der Waals surface area contributed by atoms with Crippen LogP contribution in [0.4, 0.5) is 11.4 Å². The standard InChI is InChI=1S/C21H24N4O5/c1-15(26)30-19-4-2-3-16(13-19)21(28)22-14-20(27)25-11-9-24(10-12-25)18-7-5-17(23-29)6-8-18/h2-8,13,23,29H,9-12,14H2,1H3,(H,22,28)/p+1. The highest BCUT2D eigenvalue weighted by molar-refractivity contribution is 5.96. The van der Waals surface area contributed by atoms with Crippen LogP contribution >= 0.6 is 0 Å². The fourth-order valence-corrected chi connectivity index (χ4v) is 3.22. The first kappa shape index (κ1) is 21.3. The molecule has 4 N–H and O–H groups in total. The molecule has 9 nitrogen and oxygen atoms in total. The molecule has 2 aromatic carbocycles. The Bertz CT molecular complexity index is 908. The summed E-state index contributed by atoms with van der Waals surface area (Å²) in [5.74, 6) is -0.742. The van der Waals surface area contributed by atoms with Crippen LogP contribution in [0.1, 0.15) is 17.3 Å². The molecule has 2 amide bonds. The predicted octanol–water partition coefficient (Wildman–Crippen LogP) is 0.275. The number of carbonyl (C=O) groups excluding carboxylic acids is 3. The van der Waals surface area contributed by atoms with E-state index in [0.29, 0.717) is 31.7 Å². The van der Waals surface area contributed by atoms with Crippen LogP contribution in [0.2, 0.25) is 0 Å². The number of hydrogen-bond donors (Lipinski definition) is 3. The number of hydrogen-bond acceptors (Lipinski definition) is 6. The number of rotatable bonds is 6. The number of piperazine rings is 1. The van der Waals surface area contributed by atoms with Crippen molar-refractivity contribution in [1.82, 2.24) is 10.2 Å². The molecule has 1 saturated heterocycles. The van der Waals surface area contributed by atoms with Gasteiger partial charge in [0.1, 0.15) is 5.75 Å². The van der Waals surface area contributed by atoms with Gasteiger partial charge in [0.2, 0.25) is 5.91 Å². The van der Waals surface area contributed by atoms with Crippen LogP contribution in [0, 0.1) is 0 Å². The van der Waals surface area contributed by atoms with Crippen molar-refractivity contribution in [1.29, 1.82) is 0 Å². The van der Waals surface area contributed by atoms with Crippen molar-refractivity contribution < 1.29 is 29.8 Å². The highest BCUT2D eigenvalue weighted by Crippen LogP contribution is 2.18. The summed E-state index contributed by atoms with van der Waals surface area (Å²) in [7, 11) is 0. The molecule has 2 aromatic rings. The van der Waals surface area contributed by atoms with Gasteiger partial charge in [-0.2, -0.15) is 5.48 Å².